The van der Waals surface area contributed by atoms with Crippen molar-refractivity contribution in [2.75, 3.05) is 5.32 Å². The van der Waals surface area contributed by atoms with Crippen LogP contribution in [0.15, 0.2) is 53.1 Å². The van der Waals surface area contributed by atoms with Gasteiger partial charge in [-0.3, -0.25) is 4.79 Å². The summed E-state index contributed by atoms with van der Waals surface area (Å²) in [6.07, 6.45) is 1.54. The summed E-state index contributed by atoms with van der Waals surface area (Å²) < 4.78 is 0.685. The zero-order valence-corrected chi connectivity index (χ0v) is 15.2. The van der Waals surface area contributed by atoms with Gasteiger partial charge in [0, 0.05) is 29.2 Å². The van der Waals surface area contributed by atoms with Crippen LogP contribution in [0.5, 0.6) is 0 Å². The standard InChI is InChI=1S/C17H12ClN3O2S2/c18-15-5-4-14(25-15)12-9-13(23-21-12)16(22)20-11-3-1-2-10(8-11)17-19-6-7-24-17/h1-8,13H,9H2,(H,20,22). The fourth-order valence-electron chi connectivity index (χ4n) is 2.45. The molecule has 0 bridgehead atoms. The first kappa shape index (κ1) is 16.3. The van der Waals surface area contributed by atoms with Crippen LogP contribution in [0.3, 0.4) is 0 Å². The molecule has 1 N–H and O–H groups in total. The molecule has 5 nitrogen and oxygen atoms in total. The number of thiazole rings is 1. The highest BCUT2D eigenvalue weighted by Gasteiger charge is 2.29. The molecule has 126 valence electrons. The summed E-state index contributed by atoms with van der Waals surface area (Å²) in [4.78, 5) is 22.9. The maximum Gasteiger partial charge on any atom is 0.268 e. The van der Waals surface area contributed by atoms with E-state index in [4.69, 9.17) is 16.4 Å². The van der Waals surface area contributed by atoms with E-state index in [1.807, 2.05) is 41.8 Å². The number of oxime groups is 1. The molecule has 0 saturated heterocycles. The minimum absolute atomic E-state index is 0.224. The molecule has 1 unspecified atom stereocenters. The Morgan fingerprint density at radius 2 is 2.24 bits per heavy atom. The van der Waals surface area contributed by atoms with E-state index in [0.717, 1.165) is 21.2 Å². The SMILES string of the molecule is O=C(Nc1cccc(-c2nccs2)c1)C1CC(c2ccc(Cl)s2)=NO1. The lowest BCUT2D eigenvalue weighted by atomic mass is 10.1. The topological polar surface area (TPSA) is 63.6 Å². The van der Waals surface area contributed by atoms with Crippen LogP contribution >= 0.6 is 34.3 Å². The van der Waals surface area contributed by atoms with Crippen molar-refractivity contribution in [2.45, 2.75) is 12.5 Å². The van der Waals surface area contributed by atoms with Crippen LogP contribution in [0.25, 0.3) is 10.6 Å². The number of carbonyl (C=O) groups excluding carboxylic acids is 1. The number of carbonyl (C=O) groups is 1. The highest BCUT2D eigenvalue weighted by molar-refractivity contribution is 7.18. The lowest BCUT2D eigenvalue weighted by Crippen LogP contribution is -2.27. The highest BCUT2D eigenvalue weighted by atomic mass is 35.5. The van der Waals surface area contributed by atoms with Crippen molar-refractivity contribution in [3.63, 3.8) is 0 Å². The molecular weight excluding hydrogens is 378 g/mol. The van der Waals surface area contributed by atoms with Gasteiger partial charge in [0.25, 0.3) is 5.91 Å². The van der Waals surface area contributed by atoms with Gasteiger partial charge in [0.1, 0.15) is 10.7 Å². The quantitative estimate of drug-likeness (QED) is 0.706. The molecule has 2 aromatic heterocycles. The third-order valence-corrected chi connectivity index (χ3v) is 5.73. The molecule has 25 heavy (non-hydrogen) atoms. The van der Waals surface area contributed by atoms with E-state index in [1.54, 1.807) is 17.5 Å². The third kappa shape index (κ3) is 3.58. The van der Waals surface area contributed by atoms with Gasteiger partial charge in [-0.05, 0) is 24.3 Å². The van der Waals surface area contributed by atoms with Gasteiger partial charge in [0.2, 0.25) is 6.10 Å². The van der Waals surface area contributed by atoms with E-state index in [1.165, 1.54) is 11.3 Å². The Morgan fingerprint density at radius 1 is 1.32 bits per heavy atom. The van der Waals surface area contributed by atoms with Crippen LogP contribution in [0, 0.1) is 0 Å². The van der Waals surface area contributed by atoms with Gasteiger partial charge < -0.3 is 10.2 Å². The Balaban J connectivity index is 1.42. The van der Waals surface area contributed by atoms with Gasteiger partial charge in [-0.1, -0.05) is 28.9 Å². The number of aromatic nitrogens is 1. The van der Waals surface area contributed by atoms with Crippen molar-refractivity contribution < 1.29 is 9.63 Å². The molecule has 0 aliphatic carbocycles. The Morgan fingerprint density at radius 3 is 3.00 bits per heavy atom. The molecule has 0 saturated carbocycles. The molecule has 8 heteroatoms. The number of amides is 1. The molecule has 1 atom stereocenters. The Bertz CT molecular complexity index is 937. The molecule has 0 spiro atoms. The normalized spacial score (nSPS) is 16.4. The van der Waals surface area contributed by atoms with E-state index in [-0.39, 0.29) is 5.91 Å². The number of anilines is 1. The van der Waals surface area contributed by atoms with E-state index < -0.39 is 6.10 Å². The van der Waals surface area contributed by atoms with Crippen molar-refractivity contribution in [2.24, 2.45) is 5.16 Å². The first-order chi connectivity index (χ1) is 12.2. The highest BCUT2D eigenvalue weighted by Crippen LogP contribution is 2.28. The Labute approximate surface area is 156 Å². The summed E-state index contributed by atoms with van der Waals surface area (Å²) in [5.41, 5.74) is 2.41. The van der Waals surface area contributed by atoms with Crippen molar-refractivity contribution in [1.82, 2.24) is 4.98 Å². The smallest absolute Gasteiger partial charge is 0.268 e. The van der Waals surface area contributed by atoms with E-state index >= 15 is 0 Å². The number of hydrogen-bond donors (Lipinski definition) is 1. The van der Waals surface area contributed by atoms with Crippen LogP contribution in [0.1, 0.15) is 11.3 Å². The summed E-state index contributed by atoms with van der Waals surface area (Å²) >= 11 is 8.91. The van der Waals surface area contributed by atoms with Gasteiger partial charge in [0.15, 0.2) is 0 Å². The summed E-state index contributed by atoms with van der Waals surface area (Å²) in [6.45, 7) is 0. The Kier molecular flexibility index (Phi) is 4.52. The summed E-state index contributed by atoms with van der Waals surface area (Å²) in [7, 11) is 0. The average molecular weight is 390 g/mol. The van der Waals surface area contributed by atoms with Crippen LogP contribution < -0.4 is 5.32 Å². The third-order valence-electron chi connectivity index (χ3n) is 3.63. The summed E-state index contributed by atoms with van der Waals surface area (Å²) in [5.74, 6) is -0.224. The number of benzene rings is 1. The number of thiophene rings is 1. The largest absolute Gasteiger partial charge is 0.382 e. The zero-order valence-electron chi connectivity index (χ0n) is 12.8. The van der Waals surface area contributed by atoms with Gasteiger partial charge in [-0.15, -0.1) is 22.7 Å². The van der Waals surface area contributed by atoms with Crippen LogP contribution in [0.2, 0.25) is 4.34 Å². The molecule has 1 amide bonds. The fourth-order valence-corrected chi connectivity index (χ4v) is 4.12. The molecule has 0 fully saturated rings. The molecule has 0 radical (unpaired) electrons. The summed E-state index contributed by atoms with van der Waals surface area (Å²) in [6, 6.07) is 11.3. The first-order valence-electron chi connectivity index (χ1n) is 7.48. The maximum absolute atomic E-state index is 12.4. The van der Waals surface area contributed by atoms with Gasteiger partial charge in [-0.25, -0.2) is 4.98 Å². The van der Waals surface area contributed by atoms with E-state index in [9.17, 15) is 4.79 Å². The molecule has 1 aliphatic rings. The number of rotatable bonds is 4. The van der Waals surface area contributed by atoms with Gasteiger partial charge >= 0.3 is 0 Å². The number of nitrogens with zero attached hydrogens (tertiary/aromatic N) is 2. The average Bonchev–Trinajstić information content (AvgIpc) is 3.36. The molecule has 1 aliphatic heterocycles. The number of nitrogens with one attached hydrogen (secondary N) is 1. The lowest BCUT2D eigenvalue weighted by molar-refractivity contribution is -0.125. The Hall–Kier alpha value is -2.22. The van der Waals surface area contributed by atoms with Crippen LogP contribution in [-0.4, -0.2) is 22.7 Å². The number of hydrogen-bond acceptors (Lipinski definition) is 6. The maximum atomic E-state index is 12.4. The minimum atomic E-state index is -0.639. The fraction of sp³-hybridized carbons (Fsp3) is 0.118. The van der Waals surface area contributed by atoms with Crippen LogP contribution in [0.4, 0.5) is 5.69 Å². The first-order valence-corrected chi connectivity index (χ1v) is 9.55. The van der Waals surface area contributed by atoms with Crippen LogP contribution in [-0.2, 0) is 9.63 Å². The second-order valence-corrected chi connectivity index (χ2v) is 7.96. The zero-order chi connectivity index (χ0) is 17.2. The van der Waals surface area contributed by atoms with Crippen molar-refractivity contribution >= 4 is 51.6 Å². The second-order valence-electron chi connectivity index (χ2n) is 5.35. The minimum Gasteiger partial charge on any atom is -0.382 e. The lowest BCUT2D eigenvalue weighted by Gasteiger charge is -2.10. The molecule has 4 rings (SSSR count). The summed E-state index contributed by atoms with van der Waals surface area (Å²) in [5, 5.41) is 9.73. The van der Waals surface area contributed by atoms with Gasteiger partial charge in [0.05, 0.1) is 9.21 Å². The predicted octanol–water partition coefficient (Wildman–Crippen LogP) is 4.66. The molecular formula is C17H12ClN3O2S2. The van der Waals surface area contributed by atoms with Crippen molar-refractivity contribution in [1.29, 1.82) is 0 Å². The predicted molar refractivity (Wildman–Crippen MR) is 102 cm³/mol. The van der Waals surface area contributed by atoms with Crippen molar-refractivity contribution in [3.8, 4) is 10.6 Å². The number of halogens is 1. The van der Waals surface area contributed by atoms with E-state index in [2.05, 4.69) is 15.5 Å². The second kappa shape index (κ2) is 6.95. The molecule has 3 aromatic rings. The van der Waals surface area contributed by atoms with E-state index in [0.29, 0.717) is 16.4 Å². The monoisotopic (exact) mass is 389 g/mol. The molecule has 1 aromatic carbocycles. The molecule has 3 heterocycles. The van der Waals surface area contributed by atoms with Gasteiger partial charge in [-0.2, -0.15) is 0 Å². The van der Waals surface area contributed by atoms with Crippen molar-refractivity contribution in [3.05, 3.63) is 57.2 Å².